The van der Waals surface area contributed by atoms with Gasteiger partial charge in [0.25, 0.3) is 11.8 Å². The van der Waals surface area contributed by atoms with E-state index in [4.69, 9.17) is 28.4 Å². The number of piperidine rings is 1. The van der Waals surface area contributed by atoms with Crippen LogP contribution < -0.4 is 16.0 Å². The van der Waals surface area contributed by atoms with Crippen LogP contribution in [0.25, 0.3) is 0 Å². The number of allylic oxidation sites excluding steroid dienone is 3. The average molecular weight is 993 g/mol. The number of aliphatic hydroxyl groups is 1. The van der Waals surface area contributed by atoms with Gasteiger partial charge in [0.1, 0.15) is 18.2 Å². The molecule has 4 N–H and O–H groups in total. The Hall–Kier alpha value is -5.01. The molecule has 2 aliphatic carbocycles. The van der Waals surface area contributed by atoms with Gasteiger partial charge in [-0.15, -0.1) is 0 Å². The molecule has 1 aromatic rings. The molecule has 0 spiro atoms. The number of carbonyl (C=O) groups excluding carboxylic acids is 7. The molecule has 6 rings (SSSR count). The number of imide groups is 2. The summed E-state index contributed by atoms with van der Waals surface area (Å²) < 4.78 is 34.7. The Labute approximate surface area is 417 Å². The quantitative estimate of drug-likeness (QED) is 0.0458. The number of fused-ring (bicyclic) bond motifs is 2. The fourth-order valence-corrected chi connectivity index (χ4v) is 10.1. The highest BCUT2D eigenvalue weighted by Crippen LogP contribution is 2.46. The molecule has 8 atom stereocenters. The molecule has 2 fully saturated rings. The lowest BCUT2D eigenvalue weighted by atomic mass is 9.65. The highest BCUT2D eigenvalue weighted by atomic mass is 16.6. The zero-order chi connectivity index (χ0) is 50.9. The topological polar surface area (TPSA) is 234 Å². The van der Waals surface area contributed by atoms with Gasteiger partial charge in [0.2, 0.25) is 17.7 Å². The number of hydrogen-bond donors (Lipinski definition) is 4. The third-order valence-corrected chi connectivity index (χ3v) is 14.0. The van der Waals surface area contributed by atoms with E-state index in [0.717, 1.165) is 30.6 Å². The largest absolute Gasteiger partial charge is 0.462 e. The number of nitrogens with zero attached hydrogens (tertiary/aromatic N) is 1. The maximum Gasteiger partial charge on any atom is 0.311 e. The van der Waals surface area contributed by atoms with Crippen LogP contribution >= 0.6 is 0 Å². The number of rotatable bonds is 29. The molecule has 5 aliphatic rings. The van der Waals surface area contributed by atoms with Crippen molar-refractivity contribution in [2.75, 3.05) is 71.3 Å². The van der Waals surface area contributed by atoms with Crippen molar-refractivity contribution >= 4 is 47.2 Å². The van der Waals surface area contributed by atoms with Gasteiger partial charge in [0, 0.05) is 90.2 Å². The first-order valence-corrected chi connectivity index (χ1v) is 25.8. The lowest BCUT2D eigenvalue weighted by Crippen LogP contribution is -2.54. The zero-order valence-electron chi connectivity index (χ0n) is 42.0. The highest BCUT2D eigenvalue weighted by molar-refractivity contribution is 6.25. The van der Waals surface area contributed by atoms with Crippen LogP contribution in [-0.4, -0.2) is 142 Å². The molecule has 2 saturated heterocycles. The summed E-state index contributed by atoms with van der Waals surface area (Å²) in [6.07, 6.45) is 11.6. The first-order valence-electron chi connectivity index (χ1n) is 25.8. The Bertz CT molecular complexity index is 2090. The smallest absolute Gasteiger partial charge is 0.311 e. The van der Waals surface area contributed by atoms with E-state index in [1.54, 1.807) is 18.2 Å². The Morgan fingerprint density at radius 2 is 1.54 bits per heavy atom. The van der Waals surface area contributed by atoms with E-state index in [2.05, 4.69) is 48.0 Å². The number of ether oxygens (including phenoxy) is 6. The van der Waals surface area contributed by atoms with Crippen molar-refractivity contribution in [1.82, 2.24) is 15.5 Å². The molecule has 392 valence electrons. The molecule has 0 bridgehead atoms. The summed E-state index contributed by atoms with van der Waals surface area (Å²) in [6, 6.07) is 3.97. The van der Waals surface area contributed by atoms with Gasteiger partial charge < -0.3 is 44.2 Å². The predicted molar refractivity (Wildman–Crippen MR) is 261 cm³/mol. The van der Waals surface area contributed by atoms with Crippen molar-refractivity contribution in [1.29, 1.82) is 0 Å². The number of nitrogens with one attached hydrogen (secondary N) is 3. The van der Waals surface area contributed by atoms with Crippen LogP contribution in [0.1, 0.15) is 132 Å². The van der Waals surface area contributed by atoms with Crippen molar-refractivity contribution in [2.24, 2.45) is 29.1 Å². The molecular weight excluding hydrogens is 917 g/mol. The molecule has 0 saturated carbocycles. The fraction of sp³-hybridized carbons (Fsp3) is 0.679. The first kappa shape index (κ1) is 55.3. The molecule has 0 radical (unpaired) electrons. The van der Waals surface area contributed by atoms with Crippen molar-refractivity contribution in [2.45, 2.75) is 136 Å². The summed E-state index contributed by atoms with van der Waals surface area (Å²) in [4.78, 5) is 89.5. The van der Waals surface area contributed by atoms with E-state index in [0.29, 0.717) is 104 Å². The number of esters is 2. The van der Waals surface area contributed by atoms with Crippen molar-refractivity contribution in [3.8, 4) is 0 Å². The normalized spacial score (nSPS) is 25.3. The number of hydrogen-bond acceptors (Lipinski definition) is 15. The minimum absolute atomic E-state index is 0.0202. The number of carbonyl (C=O) groups is 7. The van der Waals surface area contributed by atoms with Gasteiger partial charge in [0.05, 0.1) is 35.7 Å². The number of amides is 5. The van der Waals surface area contributed by atoms with E-state index in [1.807, 2.05) is 13.8 Å². The molecule has 3 heterocycles. The lowest BCUT2D eigenvalue weighted by molar-refractivity contribution is -0.166. The number of benzene rings is 1. The molecule has 5 amide bonds. The molecule has 0 aromatic heterocycles. The standard InChI is InChI=1S/C53H76N4O14/c1-34-30-36-13-12-35(2)39(15-14-38-32-37(58)33-46(61)70-38)47(36)43(31-34)71-52(65)53(3,4)19-18-44(59)55-21-29-69-28-9-27-68-26-8-25-67-24-7-23-66-22-6-20-54-41-11-5-10-40-48(41)51(64)57(50(40)63)42-16-17-45(60)56-49(42)62/h5,10-13,30,34-35,37-39,42-43,47,54,58H,6-9,14-29,31-33H2,1-4H3,(H,55,59)(H,56,60,62)/t34-,35-,37+,38+,39-,42?,43-,47-/m0/s1. The summed E-state index contributed by atoms with van der Waals surface area (Å²) in [5, 5.41) is 18.4. The van der Waals surface area contributed by atoms with Gasteiger partial charge in [-0.05, 0) is 107 Å². The maximum atomic E-state index is 13.7. The van der Waals surface area contributed by atoms with Crippen molar-refractivity contribution in [3.05, 3.63) is 53.1 Å². The lowest BCUT2D eigenvalue weighted by Gasteiger charge is -2.44. The molecular formula is C53H76N4O14. The second-order valence-corrected chi connectivity index (χ2v) is 20.2. The average Bonchev–Trinajstić information content (AvgIpc) is 3.58. The monoisotopic (exact) mass is 993 g/mol. The van der Waals surface area contributed by atoms with Crippen LogP contribution in [0.4, 0.5) is 5.69 Å². The SMILES string of the molecule is C[C@H]1C=C2C=C[C@H](C)[C@H](CC[C@@H]3C[C@@H](O)CC(=O)O3)[C@H]2[C@@H](OC(=O)C(C)(C)CCC(=O)NCCOCCCOCCCOCCCOCCCNc2cccc3c2C(=O)N(C2CCC(=O)NC2=O)C3=O)C1. The minimum atomic E-state index is -1.01. The number of cyclic esters (lactones) is 1. The van der Waals surface area contributed by atoms with E-state index < -0.39 is 41.2 Å². The Morgan fingerprint density at radius 1 is 0.859 bits per heavy atom. The number of aliphatic hydroxyl groups excluding tert-OH is 1. The first-order chi connectivity index (χ1) is 34.1. The van der Waals surface area contributed by atoms with Gasteiger partial charge >= 0.3 is 11.9 Å². The Morgan fingerprint density at radius 3 is 2.21 bits per heavy atom. The van der Waals surface area contributed by atoms with E-state index in [-0.39, 0.29) is 90.5 Å². The summed E-state index contributed by atoms with van der Waals surface area (Å²) in [5.74, 6) is -2.27. The number of anilines is 1. The van der Waals surface area contributed by atoms with Crippen LogP contribution in [-0.2, 0) is 52.4 Å². The van der Waals surface area contributed by atoms with E-state index in [9.17, 15) is 38.7 Å². The second kappa shape index (κ2) is 27.2. The highest BCUT2D eigenvalue weighted by Gasteiger charge is 2.46. The molecule has 1 aromatic carbocycles. The summed E-state index contributed by atoms with van der Waals surface area (Å²) in [7, 11) is 0. The summed E-state index contributed by atoms with van der Waals surface area (Å²) in [5.41, 5.74) is 1.30. The van der Waals surface area contributed by atoms with Gasteiger partial charge in [-0.1, -0.05) is 38.1 Å². The second-order valence-electron chi connectivity index (χ2n) is 20.2. The molecule has 71 heavy (non-hydrogen) atoms. The van der Waals surface area contributed by atoms with Crippen LogP contribution in [0.5, 0.6) is 0 Å². The van der Waals surface area contributed by atoms with Crippen LogP contribution in [0.2, 0.25) is 0 Å². The van der Waals surface area contributed by atoms with Gasteiger partial charge in [-0.3, -0.25) is 43.8 Å². The molecule has 18 heteroatoms. The molecule has 1 unspecified atom stereocenters. The van der Waals surface area contributed by atoms with Gasteiger partial charge in [0.15, 0.2) is 0 Å². The molecule has 3 aliphatic heterocycles. The third-order valence-electron chi connectivity index (χ3n) is 14.0. The van der Waals surface area contributed by atoms with E-state index >= 15 is 0 Å². The fourth-order valence-electron chi connectivity index (χ4n) is 10.1. The summed E-state index contributed by atoms with van der Waals surface area (Å²) >= 11 is 0. The van der Waals surface area contributed by atoms with Crippen molar-refractivity contribution < 1.29 is 67.1 Å². The Kier molecular flexibility index (Phi) is 21.2. The van der Waals surface area contributed by atoms with Gasteiger partial charge in [-0.2, -0.15) is 0 Å². The minimum Gasteiger partial charge on any atom is -0.462 e. The van der Waals surface area contributed by atoms with Crippen molar-refractivity contribution in [3.63, 3.8) is 0 Å². The van der Waals surface area contributed by atoms with Crippen LogP contribution in [0.3, 0.4) is 0 Å². The van der Waals surface area contributed by atoms with Gasteiger partial charge in [-0.25, -0.2) is 0 Å². The van der Waals surface area contributed by atoms with Crippen LogP contribution in [0.15, 0.2) is 42.0 Å². The van der Waals surface area contributed by atoms with Crippen LogP contribution in [0, 0.1) is 29.1 Å². The predicted octanol–water partition coefficient (Wildman–Crippen LogP) is 5.21. The maximum absolute atomic E-state index is 13.7. The summed E-state index contributed by atoms with van der Waals surface area (Å²) in [6.45, 7) is 13.0. The van der Waals surface area contributed by atoms with E-state index in [1.165, 1.54) is 5.57 Å². The third kappa shape index (κ3) is 16.0. The molecule has 18 nitrogen and oxygen atoms in total. The zero-order valence-corrected chi connectivity index (χ0v) is 42.0. The Balaban J connectivity index is 0.732.